The predicted octanol–water partition coefficient (Wildman–Crippen LogP) is 6.81. The molecule has 15 heteroatoms. The Kier molecular flexibility index (Phi) is 8.81. The molecule has 4 aliphatic rings. The van der Waals surface area contributed by atoms with Crippen LogP contribution >= 0.6 is 23.2 Å². The van der Waals surface area contributed by atoms with Crippen molar-refractivity contribution in [3.63, 3.8) is 0 Å². The van der Waals surface area contributed by atoms with Crippen molar-refractivity contribution in [1.82, 2.24) is 5.01 Å². The number of halogens is 2. The summed E-state index contributed by atoms with van der Waals surface area (Å²) in [5.74, 6) is -6.19. The fourth-order valence-corrected chi connectivity index (χ4v) is 9.58. The Bertz CT molecular complexity index is 2350. The first-order chi connectivity index (χ1) is 26.4. The lowest BCUT2D eigenvalue weighted by atomic mass is 9.49. The lowest BCUT2D eigenvalue weighted by molar-refractivity contribution is -0.384. The van der Waals surface area contributed by atoms with Crippen LogP contribution in [-0.2, 0) is 24.6 Å². The number of nitrogens with zero attached hydrogens (tertiary/aromatic N) is 3. The normalized spacial score (nSPS) is 25.6. The van der Waals surface area contributed by atoms with Crippen molar-refractivity contribution in [3.8, 4) is 17.2 Å². The van der Waals surface area contributed by atoms with Crippen LogP contribution in [0.3, 0.4) is 0 Å². The van der Waals surface area contributed by atoms with Gasteiger partial charge < -0.3 is 14.6 Å². The summed E-state index contributed by atoms with van der Waals surface area (Å²) in [5.41, 5.74) is 2.93. The van der Waals surface area contributed by atoms with Gasteiger partial charge in [-0.05, 0) is 66.8 Å². The number of imide groups is 2. The van der Waals surface area contributed by atoms with Crippen LogP contribution in [-0.4, -0.2) is 52.9 Å². The van der Waals surface area contributed by atoms with Gasteiger partial charge in [0.05, 0.1) is 58.7 Å². The van der Waals surface area contributed by atoms with E-state index in [1.165, 1.54) is 56.7 Å². The second-order valence-corrected chi connectivity index (χ2v) is 14.8. The number of nitro benzene ring substituents is 1. The van der Waals surface area contributed by atoms with Gasteiger partial charge in [-0.2, -0.15) is 5.01 Å². The van der Waals surface area contributed by atoms with Crippen LogP contribution in [0.1, 0.15) is 29.9 Å². The topological polar surface area (TPSA) is 169 Å². The fraction of sp³-hybridized carbons (Fsp3) is 0.250. The number of phenolic OH excluding ortho intramolecular Hbond substituents is 1. The molecule has 13 nitrogen and oxygen atoms in total. The number of fused-ring (bicyclic) bond motifs is 4. The van der Waals surface area contributed by atoms with Crippen molar-refractivity contribution in [3.05, 3.63) is 128 Å². The van der Waals surface area contributed by atoms with Crippen molar-refractivity contribution < 1.29 is 38.7 Å². The van der Waals surface area contributed by atoms with Gasteiger partial charge in [0.1, 0.15) is 17.2 Å². The second-order valence-electron chi connectivity index (χ2n) is 13.9. The molecule has 0 radical (unpaired) electrons. The highest BCUT2D eigenvalue weighted by atomic mass is 35.5. The summed E-state index contributed by atoms with van der Waals surface area (Å²) >= 11 is 12.7. The molecule has 3 fully saturated rings. The Morgan fingerprint density at radius 2 is 1.65 bits per heavy atom. The Balaban J connectivity index is 1.34. The molecule has 0 unspecified atom stereocenters. The maximum Gasteiger partial charge on any atom is 0.271 e. The van der Waals surface area contributed by atoms with E-state index >= 15 is 4.79 Å². The van der Waals surface area contributed by atoms with E-state index in [-0.39, 0.29) is 46.4 Å². The molecule has 4 aromatic carbocycles. The standard InChI is InChI=1S/C40H32Cl2N4O9/c1-54-25-10-6-20(7-11-25)40-30(37(49)45(39(40)51)43-32-15-8-21(41)16-31(32)42)19-29-26(35(40)27-12-9-24(47)18-33(27)55-2)13-14-28-34(29)38(50)44(36(28)48)22-4-3-5-23(17-22)46(52)53/h3-13,15-18,28-30,34-35,43,47H,14,19H2,1-2H3/t28-,29+,30-,34-,35+,40+/m0/s1. The Morgan fingerprint density at radius 3 is 2.35 bits per heavy atom. The summed E-state index contributed by atoms with van der Waals surface area (Å²) in [5, 5.41) is 23.6. The molecule has 1 saturated carbocycles. The molecule has 55 heavy (non-hydrogen) atoms. The van der Waals surface area contributed by atoms with E-state index in [2.05, 4.69) is 5.43 Å². The molecule has 0 spiro atoms. The number of nitro groups is 1. The second kappa shape index (κ2) is 13.4. The number of anilines is 2. The summed E-state index contributed by atoms with van der Waals surface area (Å²) in [6, 6.07) is 21.3. The van der Waals surface area contributed by atoms with Crippen molar-refractivity contribution in [2.24, 2.45) is 23.7 Å². The minimum Gasteiger partial charge on any atom is -0.508 e. The maximum atomic E-state index is 15.4. The number of aromatic hydroxyl groups is 1. The zero-order valence-corrected chi connectivity index (χ0v) is 30.8. The third kappa shape index (κ3) is 5.43. The molecular formula is C40H32Cl2N4O9. The number of hydrazine groups is 1. The van der Waals surface area contributed by atoms with Gasteiger partial charge in [0.2, 0.25) is 11.8 Å². The zero-order chi connectivity index (χ0) is 38.9. The van der Waals surface area contributed by atoms with Crippen LogP contribution in [0.25, 0.3) is 0 Å². The first kappa shape index (κ1) is 36.1. The number of amides is 4. The van der Waals surface area contributed by atoms with Crippen LogP contribution in [0.4, 0.5) is 17.1 Å². The predicted molar refractivity (Wildman–Crippen MR) is 201 cm³/mol. The number of hydrogen-bond donors (Lipinski definition) is 2. The average molecular weight is 784 g/mol. The van der Waals surface area contributed by atoms with Crippen molar-refractivity contribution in [2.75, 3.05) is 24.5 Å². The average Bonchev–Trinajstić information content (AvgIpc) is 3.56. The molecule has 2 aliphatic carbocycles. The van der Waals surface area contributed by atoms with E-state index in [1.54, 1.807) is 42.5 Å². The highest BCUT2D eigenvalue weighted by molar-refractivity contribution is 6.36. The minimum absolute atomic E-state index is 0.00513. The van der Waals surface area contributed by atoms with Crippen LogP contribution in [0.2, 0.25) is 10.0 Å². The maximum absolute atomic E-state index is 15.4. The number of phenols is 1. The smallest absolute Gasteiger partial charge is 0.271 e. The molecule has 2 N–H and O–H groups in total. The van der Waals surface area contributed by atoms with E-state index in [9.17, 15) is 29.6 Å². The van der Waals surface area contributed by atoms with E-state index in [4.69, 9.17) is 32.7 Å². The number of carbonyl (C=O) groups is 4. The van der Waals surface area contributed by atoms with E-state index < -0.39 is 63.6 Å². The third-order valence-electron chi connectivity index (χ3n) is 11.4. The van der Waals surface area contributed by atoms with Crippen LogP contribution in [0.5, 0.6) is 17.2 Å². The molecule has 4 aromatic rings. The number of benzene rings is 4. The number of non-ortho nitro benzene ring substituents is 1. The Morgan fingerprint density at radius 1 is 0.891 bits per heavy atom. The molecule has 2 aliphatic heterocycles. The lowest BCUT2D eigenvalue weighted by Gasteiger charge is -2.50. The largest absolute Gasteiger partial charge is 0.508 e. The molecule has 0 aromatic heterocycles. The fourth-order valence-electron chi connectivity index (χ4n) is 9.13. The number of allylic oxidation sites excluding steroid dienone is 2. The summed E-state index contributed by atoms with van der Waals surface area (Å²) < 4.78 is 11.3. The molecule has 8 rings (SSSR count). The van der Waals surface area contributed by atoms with E-state index in [0.717, 1.165) is 9.91 Å². The van der Waals surface area contributed by atoms with Gasteiger partial charge in [-0.15, -0.1) is 0 Å². The van der Waals surface area contributed by atoms with E-state index in [1.807, 2.05) is 6.08 Å². The molecule has 2 saturated heterocycles. The monoisotopic (exact) mass is 782 g/mol. The van der Waals surface area contributed by atoms with Gasteiger partial charge >= 0.3 is 0 Å². The number of carbonyl (C=O) groups excluding carboxylic acids is 4. The SMILES string of the molecule is COc1ccc([C@@]23C(=O)N(Nc4ccc(Cl)cc4Cl)C(=O)[C@@H]2C[C@@H]2C(=CC[C@@H]4C(=O)N(c5cccc([N+](=O)[O-])c5)C(=O)[C@@H]42)[C@@H]3c2ccc(O)cc2OC)cc1. The van der Waals surface area contributed by atoms with Gasteiger partial charge in [-0.25, -0.2) is 4.90 Å². The molecule has 6 atom stereocenters. The molecular weight excluding hydrogens is 751 g/mol. The van der Waals surface area contributed by atoms with Gasteiger partial charge in [-0.1, -0.05) is 59.1 Å². The zero-order valence-electron chi connectivity index (χ0n) is 29.3. The summed E-state index contributed by atoms with van der Waals surface area (Å²) in [4.78, 5) is 71.1. The quantitative estimate of drug-likeness (QED) is 0.0838. The minimum atomic E-state index is -1.65. The van der Waals surface area contributed by atoms with Crippen molar-refractivity contribution >= 4 is 63.9 Å². The molecule has 280 valence electrons. The third-order valence-corrected chi connectivity index (χ3v) is 12.0. The van der Waals surface area contributed by atoms with Crippen LogP contribution < -0.4 is 19.8 Å². The number of hydrogen-bond acceptors (Lipinski definition) is 10. The highest BCUT2D eigenvalue weighted by Gasteiger charge is 2.70. The highest BCUT2D eigenvalue weighted by Crippen LogP contribution is 2.65. The number of methoxy groups -OCH3 is 2. The summed E-state index contributed by atoms with van der Waals surface area (Å²) in [6.45, 7) is 0. The van der Waals surface area contributed by atoms with Crippen molar-refractivity contribution in [2.45, 2.75) is 24.2 Å². The molecule has 0 bridgehead atoms. The van der Waals surface area contributed by atoms with Crippen LogP contribution in [0, 0.1) is 33.8 Å². The Hall–Kier alpha value is -5.92. The number of rotatable bonds is 8. The number of nitrogens with one attached hydrogen (secondary N) is 1. The first-order valence-corrected chi connectivity index (χ1v) is 18.1. The lowest BCUT2D eigenvalue weighted by Crippen LogP contribution is -2.53. The summed E-state index contributed by atoms with van der Waals surface area (Å²) in [6.07, 6.45) is 1.99. The molecule has 2 heterocycles. The van der Waals surface area contributed by atoms with Gasteiger partial charge in [0.15, 0.2) is 0 Å². The van der Waals surface area contributed by atoms with Gasteiger partial charge in [0, 0.05) is 34.7 Å². The Labute approximate surface area is 324 Å². The van der Waals surface area contributed by atoms with Crippen LogP contribution in [0.15, 0.2) is 96.6 Å². The molecule has 4 amide bonds. The van der Waals surface area contributed by atoms with Gasteiger partial charge in [-0.3, -0.25) is 34.7 Å². The van der Waals surface area contributed by atoms with E-state index in [0.29, 0.717) is 27.5 Å². The number of ether oxygens (including phenoxy) is 2. The summed E-state index contributed by atoms with van der Waals surface area (Å²) in [7, 11) is 2.94. The first-order valence-electron chi connectivity index (χ1n) is 17.3. The van der Waals surface area contributed by atoms with Gasteiger partial charge in [0.25, 0.3) is 17.5 Å². The van der Waals surface area contributed by atoms with Crippen molar-refractivity contribution in [1.29, 1.82) is 0 Å².